The fraction of sp³-hybridized carbons (Fsp3) is 0.320. The molecule has 2 aromatic heterocycles. The topological polar surface area (TPSA) is 94.2 Å². The van der Waals surface area contributed by atoms with Gasteiger partial charge in [-0.2, -0.15) is 4.98 Å². The summed E-state index contributed by atoms with van der Waals surface area (Å²) in [6.07, 6.45) is 7.35. The number of carbonyl (C=O) groups is 1. The number of nitrogens with zero attached hydrogens (tertiary/aromatic N) is 5. The highest BCUT2D eigenvalue weighted by molar-refractivity contribution is 6.09. The zero-order valence-electron chi connectivity index (χ0n) is 18.5. The summed E-state index contributed by atoms with van der Waals surface area (Å²) in [5, 5.41) is 5.98. The van der Waals surface area contributed by atoms with E-state index in [-0.39, 0.29) is 11.8 Å². The highest BCUT2D eigenvalue weighted by Gasteiger charge is 2.29. The molecule has 168 valence electrons. The number of rotatable bonds is 6. The molecule has 0 saturated carbocycles. The molecule has 0 N–H and O–H groups in total. The second-order valence-corrected chi connectivity index (χ2v) is 8.16. The summed E-state index contributed by atoms with van der Waals surface area (Å²) >= 11 is 0. The van der Waals surface area contributed by atoms with Gasteiger partial charge in [0.25, 0.3) is 5.91 Å². The number of benzene rings is 2. The highest BCUT2D eigenvalue weighted by atomic mass is 16.5. The minimum atomic E-state index is 0.00530. The van der Waals surface area contributed by atoms with Crippen molar-refractivity contribution in [1.82, 2.24) is 25.0 Å². The smallest absolute Gasteiger partial charge is 0.258 e. The molecular formula is C25H25N5O3. The van der Waals surface area contributed by atoms with Crippen molar-refractivity contribution in [2.45, 2.75) is 26.2 Å². The van der Waals surface area contributed by atoms with Gasteiger partial charge in [0.1, 0.15) is 11.4 Å². The maximum absolute atomic E-state index is 13.7. The lowest BCUT2D eigenvalue weighted by Gasteiger charge is -2.33. The fourth-order valence-corrected chi connectivity index (χ4v) is 4.43. The number of fused-ring (bicyclic) bond motifs is 1. The average molecular weight is 444 g/mol. The van der Waals surface area contributed by atoms with Gasteiger partial charge in [0.15, 0.2) is 0 Å². The van der Waals surface area contributed by atoms with Crippen LogP contribution in [0.1, 0.15) is 36.0 Å². The molecule has 0 radical (unpaired) electrons. The van der Waals surface area contributed by atoms with Gasteiger partial charge in [0.05, 0.1) is 18.4 Å². The van der Waals surface area contributed by atoms with Crippen LogP contribution in [0.4, 0.5) is 0 Å². The number of likely N-dealkylation sites (tertiary alicyclic amines) is 1. The summed E-state index contributed by atoms with van der Waals surface area (Å²) in [5.74, 6) is 1.86. The molecule has 2 aromatic carbocycles. The molecule has 1 amide bonds. The van der Waals surface area contributed by atoms with Gasteiger partial charge in [-0.15, -0.1) is 0 Å². The minimum Gasteiger partial charge on any atom is -0.493 e. The number of piperidine rings is 1. The van der Waals surface area contributed by atoms with Crippen LogP contribution in [0.2, 0.25) is 0 Å². The van der Waals surface area contributed by atoms with Crippen LogP contribution < -0.4 is 4.74 Å². The second-order valence-electron chi connectivity index (χ2n) is 8.16. The monoisotopic (exact) mass is 443 g/mol. The Bertz CT molecular complexity index is 1260. The first-order chi connectivity index (χ1) is 16.2. The molecule has 0 aliphatic carbocycles. The van der Waals surface area contributed by atoms with E-state index in [1.54, 1.807) is 18.6 Å². The molecule has 33 heavy (non-hydrogen) atoms. The number of carbonyl (C=O) groups excluding carboxylic acids is 1. The Labute approximate surface area is 191 Å². The first-order valence-electron chi connectivity index (χ1n) is 11.3. The summed E-state index contributed by atoms with van der Waals surface area (Å²) in [5.41, 5.74) is 1.21. The van der Waals surface area contributed by atoms with E-state index in [4.69, 9.17) is 9.26 Å². The third-order valence-corrected chi connectivity index (χ3v) is 5.93. The first-order valence-corrected chi connectivity index (χ1v) is 11.3. The van der Waals surface area contributed by atoms with Crippen LogP contribution in [0.3, 0.4) is 0 Å². The van der Waals surface area contributed by atoms with Crippen LogP contribution in [0.5, 0.6) is 5.75 Å². The van der Waals surface area contributed by atoms with Crippen molar-refractivity contribution in [2.75, 3.05) is 19.7 Å². The van der Waals surface area contributed by atoms with E-state index in [1.165, 1.54) is 0 Å². The van der Waals surface area contributed by atoms with Gasteiger partial charge in [-0.3, -0.25) is 9.78 Å². The van der Waals surface area contributed by atoms with Gasteiger partial charge >= 0.3 is 0 Å². The van der Waals surface area contributed by atoms with Gasteiger partial charge in [-0.25, -0.2) is 4.98 Å². The molecule has 1 aliphatic heterocycles. The molecule has 8 nitrogen and oxygen atoms in total. The lowest BCUT2D eigenvalue weighted by Crippen LogP contribution is -2.40. The lowest BCUT2D eigenvalue weighted by atomic mass is 9.93. The fourth-order valence-electron chi connectivity index (χ4n) is 4.43. The normalized spacial score (nSPS) is 16.2. The Balaban J connectivity index is 1.35. The number of amides is 1. The largest absolute Gasteiger partial charge is 0.493 e. The summed E-state index contributed by atoms with van der Waals surface area (Å²) < 4.78 is 11.3. The summed E-state index contributed by atoms with van der Waals surface area (Å²) in [6, 6.07) is 11.8. The molecule has 1 unspecified atom stereocenters. The van der Waals surface area contributed by atoms with E-state index in [1.807, 2.05) is 48.2 Å². The lowest BCUT2D eigenvalue weighted by molar-refractivity contribution is 0.0666. The van der Waals surface area contributed by atoms with Crippen LogP contribution in [0.25, 0.3) is 22.3 Å². The molecule has 1 saturated heterocycles. The van der Waals surface area contributed by atoms with E-state index < -0.39 is 0 Å². The Morgan fingerprint density at radius 2 is 2.12 bits per heavy atom. The zero-order valence-corrected chi connectivity index (χ0v) is 18.5. The third kappa shape index (κ3) is 4.41. The third-order valence-electron chi connectivity index (χ3n) is 5.93. The van der Waals surface area contributed by atoms with Gasteiger partial charge < -0.3 is 14.2 Å². The predicted molar refractivity (Wildman–Crippen MR) is 123 cm³/mol. The maximum Gasteiger partial charge on any atom is 0.258 e. The molecule has 1 fully saturated rings. The minimum absolute atomic E-state index is 0.00530. The summed E-state index contributed by atoms with van der Waals surface area (Å²) in [6.45, 7) is 3.79. The van der Waals surface area contributed by atoms with Crippen molar-refractivity contribution in [1.29, 1.82) is 0 Å². The highest BCUT2D eigenvalue weighted by Crippen LogP contribution is 2.31. The molecule has 1 atom stereocenters. The molecule has 8 heteroatoms. The Morgan fingerprint density at radius 3 is 2.97 bits per heavy atom. The van der Waals surface area contributed by atoms with E-state index >= 15 is 0 Å². The molecule has 5 rings (SSSR count). The van der Waals surface area contributed by atoms with Gasteiger partial charge in [0.2, 0.25) is 11.7 Å². The van der Waals surface area contributed by atoms with E-state index in [2.05, 4.69) is 20.1 Å². The van der Waals surface area contributed by atoms with Crippen molar-refractivity contribution in [3.05, 3.63) is 66.4 Å². The van der Waals surface area contributed by atoms with Crippen LogP contribution >= 0.6 is 0 Å². The molecular weight excluding hydrogens is 418 g/mol. The van der Waals surface area contributed by atoms with E-state index in [0.717, 1.165) is 30.2 Å². The van der Waals surface area contributed by atoms with Crippen LogP contribution in [-0.4, -0.2) is 50.6 Å². The van der Waals surface area contributed by atoms with Crippen molar-refractivity contribution < 1.29 is 14.1 Å². The zero-order chi connectivity index (χ0) is 22.6. The quantitative estimate of drug-likeness (QED) is 0.441. The number of hydrogen-bond acceptors (Lipinski definition) is 7. The molecule has 0 spiro atoms. The maximum atomic E-state index is 13.7. The van der Waals surface area contributed by atoms with Crippen molar-refractivity contribution in [3.63, 3.8) is 0 Å². The number of aromatic nitrogens is 4. The van der Waals surface area contributed by atoms with Crippen LogP contribution in [0.15, 0.2) is 59.5 Å². The molecule has 1 aliphatic rings. The van der Waals surface area contributed by atoms with Crippen LogP contribution in [0, 0.1) is 5.92 Å². The Hall–Kier alpha value is -3.81. The van der Waals surface area contributed by atoms with Crippen molar-refractivity contribution in [2.24, 2.45) is 5.92 Å². The molecule has 4 aromatic rings. The number of hydrogen-bond donors (Lipinski definition) is 0. The van der Waals surface area contributed by atoms with Crippen molar-refractivity contribution >= 4 is 16.7 Å². The second kappa shape index (κ2) is 9.36. The number of ether oxygens (including phenoxy) is 1. The summed E-state index contributed by atoms with van der Waals surface area (Å²) in [4.78, 5) is 28.3. The van der Waals surface area contributed by atoms with E-state index in [0.29, 0.717) is 48.3 Å². The van der Waals surface area contributed by atoms with E-state index in [9.17, 15) is 4.79 Å². The molecule has 0 bridgehead atoms. The first kappa shape index (κ1) is 21.1. The predicted octanol–water partition coefficient (Wildman–Crippen LogP) is 4.17. The van der Waals surface area contributed by atoms with Crippen LogP contribution in [-0.2, 0) is 6.42 Å². The Kier molecular flexibility index (Phi) is 5.97. The standard InChI is InChI=1S/C25H25N5O3/c1-2-32-21-10-9-18-7-3-4-8-19(18)23(21)25(31)30-13-5-6-17(16-30)14-22-28-24(29-33-22)20-15-26-11-12-27-20/h3-4,7-12,15,17H,2,5-6,13-14,16H2,1H3. The SMILES string of the molecule is CCOc1ccc2ccccc2c1C(=O)N1CCCC(Cc2nc(-c3cnccn3)no2)C1. The van der Waals surface area contributed by atoms with Gasteiger partial charge in [-0.1, -0.05) is 35.5 Å². The summed E-state index contributed by atoms with van der Waals surface area (Å²) in [7, 11) is 0. The molecule has 3 heterocycles. The van der Waals surface area contributed by atoms with Gasteiger partial charge in [0, 0.05) is 31.9 Å². The van der Waals surface area contributed by atoms with Crippen molar-refractivity contribution in [3.8, 4) is 17.3 Å². The van der Waals surface area contributed by atoms with Gasteiger partial charge in [-0.05, 0) is 42.5 Å². The Morgan fingerprint density at radius 1 is 1.21 bits per heavy atom. The average Bonchev–Trinajstić information content (AvgIpc) is 3.33.